The predicted octanol–water partition coefficient (Wildman–Crippen LogP) is 21.6. The summed E-state index contributed by atoms with van der Waals surface area (Å²) in [5.74, 6) is 4.28. The molecular formula is C66H94O6P2. The van der Waals surface area contributed by atoms with E-state index in [0.717, 1.165) is 69.9 Å². The normalized spacial score (nSPS) is 13.6. The Morgan fingerprint density at radius 1 is 0.419 bits per heavy atom. The monoisotopic (exact) mass is 1040 g/mol. The lowest BCUT2D eigenvalue weighted by Crippen LogP contribution is -2.22. The molecule has 1 unspecified atom stereocenters. The molecule has 0 saturated carbocycles. The van der Waals surface area contributed by atoms with Crippen LogP contribution in [0.2, 0.25) is 0 Å². The third-order valence-electron chi connectivity index (χ3n) is 14.4. The van der Waals surface area contributed by atoms with Gasteiger partial charge in [0.05, 0.1) is 0 Å². The van der Waals surface area contributed by atoms with Crippen LogP contribution in [0.3, 0.4) is 0 Å². The van der Waals surface area contributed by atoms with E-state index < -0.39 is 17.2 Å². The molecule has 8 heteroatoms. The van der Waals surface area contributed by atoms with E-state index in [1.807, 2.05) is 30.3 Å². The quantitative estimate of drug-likeness (QED) is 0.0429. The summed E-state index contributed by atoms with van der Waals surface area (Å²) >= 11 is 0. The van der Waals surface area contributed by atoms with Gasteiger partial charge in [-0.15, -0.1) is 0 Å². The molecule has 0 N–H and O–H groups in total. The highest BCUT2D eigenvalue weighted by atomic mass is 31.2. The molecule has 1 aliphatic rings. The number of unbranched alkanes of at least 4 members (excludes halogenated alkanes) is 12. The van der Waals surface area contributed by atoms with Crippen molar-refractivity contribution in [2.75, 3.05) is 0 Å². The van der Waals surface area contributed by atoms with Gasteiger partial charge in [0.15, 0.2) is 11.5 Å². The molecule has 6 rings (SSSR count). The van der Waals surface area contributed by atoms with Crippen molar-refractivity contribution in [1.29, 1.82) is 0 Å². The maximum atomic E-state index is 7.64. The third kappa shape index (κ3) is 16.1. The van der Waals surface area contributed by atoms with Crippen molar-refractivity contribution in [1.82, 2.24) is 0 Å². The third-order valence-corrected chi connectivity index (χ3v) is 16.5. The van der Waals surface area contributed by atoms with Gasteiger partial charge in [-0.25, -0.2) is 0 Å². The zero-order valence-corrected chi connectivity index (χ0v) is 50.5. The lowest BCUT2D eigenvalue weighted by molar-refractivity contribution is 0.382. The molecule has 0 aliphatic carbocycles. The molecular weight excluding hydrogens is 951 g/mol. The second-order valence-electron chi connectivity index (χ2n) is 25.1. The average Bonchev–Trinajstić information content (AvgIpc) is 3.73. The number of hydrogen-bond donors (Lipinski definition) is 0. The first-order valence-electron chi connectivity index (χ1n) is 28.3. The molecule has 0 amide bonds. The van der Waals surface area contributed by atoms with Crippen molar-refractivity contribution in [3.63, 3.8) is 0 Å². The van der Waals surface area contributed by atoms with Gasteiger partial charge in [0.1, 0.15) is 23.0 Å². The Hall–Kier alpha value is -4.24. The van der Waals surface area contributed by atoms with E-state index >= 15 is 0 Å². The number of benzene rings is 5. The largest absolute Gasteiger partial charge is 0.530 e. The van der Waals surface area contributed by atoms with Gasteiger partial charge < -0.3 is 27.1 Å². The summed E-state index contributed by atoms with van der Waals surface area (Å²) < 4.78 is 42.0. The molecule has 74 heavy (non-hydrogen) atoms. The Bertz CT molecular complexity index is 2550. The van der Waals surface area contributed by atoms with Crippen LogP contribution in [0.25, 0.3) is 11.1 Å². The van der Waals surface area contributed by atoms with Gasteiger partial charge in [0.25, 0.3) is 0 Å². The van der Waals surface area contributed by atoms with Gasteiger partial charge >= 0.3 is 17.2 Å². The van der Waals surface area contributed by atoms with Crippen LogP contribution in [-0.4, -0.2) is 0 Å². The fourth-order valence-corrected chi connectivity index (χ4v) is 12.3. The molecule has 404 valence electrons. The second kappa shape index (κ2) is 26.2. The molecule has 0 radical (unpaired) electrons. The first kappa shape index (κ1) is 59.0. The number of aryl methyl sites for hydroxylation is 2. The summed E-state index contributed by atoms with van der Waals surface area (Å²) in [7, 11) is -3.93. The summed E-state index contributed by atoms with van der Waals surface area (Å²) in [4.78, 5) is 0. The van der Waals surface area contributed by atoms with E-state index in [9.17, 15) is 0 Å². The summed E-state index contributed by atoms with van der Waals surface area (Å²) in [6, 6.07) is 29.7. The van der Waals surface area contributed by atoms with E-state index in [0.29, 0.717) is 17.2 Å². The second-order valence-corrected chi connectivity index (χ2v) is 27.1. The Morgan fingerprint density at radius 3 is 1.34 bits per heavy atom. The molecule has 0 spiro atoms. The number of rotatable bonds is 25. The number of fused-ring (bicyclic) bond motifs is 1. The lowest BCUT2D eigenvalue weighted by atomic mass is 9.72. The summed E-state index contributed by atoms with van der Waals surface area (Å²) in [6.45, 7) is 36.5. The van der Waals surface area contributed by atoms with E-state index in [4.69, 9.17) is 27.1 Å². The smallest absolute Gasteiger partial charge is 0.409 e. The molecule has 5 aromatic rings. The zero-order valence-electron chi connectivity index (χ0n) is 48.7. The molecule has 5 aromatic carbocycles. The minimum absolute atomic E-state index is 0.206. The van der Waals surface area contributed by atoms with Crippen molar-refractivity contribution >= 4 is 17.2 Å². The molecule has 0 saturated heterocycles. The minimum atomic E-state index is -2.09. The fraction of sp³-hybridized carbons (Fsp3) is 0.545. The maximum Gasteiger partial charge on any atom is 0.530 e. The molecule has 6 nitrogen and oxygen atoms in total. The molecule has 1 atom stereocenters. The number of hydrogen-bond acceptors (Lipinski definition) is 6. The molecule has 0 bridgehead atoms. The highest BCUT2D eigenvalue weighted by Crippen LogP contribution is 2.60. The van der Waals surface area contributed by atoms with Crippen molar-refractivity contribution in [3.8, 4) is 45.6 Å². The van der Waals surface area contributed by atoms with Crippen LogP contribution in [0.15, 0.2) is 84.9 Å². The van der Waals surface area contributed by atoms with Crippen molar-refractivity contribution in [2.45, 2.75) is 235 Å². The first-order valence-corrected chi connectivity index (χ1v) is 30.5. The van der Waals surface area contributed by atoms with E-state index in [2.05, 4.69) is 165 Å². The van der Waals surface area contributed by atoms with Crippen molar-refractivity contribution < 1.29 is 27.1 Å². The van der Waals surface area contributed by atoms with E-state index in [1.54, 1.807) is 0 Å². The van der Waals surface area contributed by atoms with Crippen LogP contribution >= 0.6 is 17.2 Å². The maximum absolute atomic E-state index is 7.64. The topological polar surface area (TPSA) is 55.4 Å². The van der Waals surface area contributed by atoms with Crippen LogP contribution in [-0.2, 0) is 34.5 Å². The van der Waals surface area contributed by atoms with Gasteiger partial charge in [-0.1, -0.05) is 223 Å². The molecule has 0 aromatic heterocycles. The standard InChI is InChI=1S/C66H94O6P2/c1-17-19-21-23-25-27-29-34-49-40-42-51(43-41-49)67-73(68-52-37-33-36-50(44-52)35-30-28-26-24-22-20-18-2)71-61-55(65(11,12)13)45-53(63(5,6)7)47(3)59(61)60-48(4)54(64(8,9)10)46-56(66(14,15)16)62(60)72-74-69-57-38-31-32-39-58(57)70-74/h31-33,36-46H,17-30,34-35H2,1-16H3. The van der Waals surface area contributed by atoms with Crippen LogP contribution < -0.4 is 27.1 Å². The van der Waals surface area contributed by atoms with Crippen LogP contribution in [0.5, 0.6) is 34.5 Å². The highest BCUT2D eigenvalue weighted by molar-refractivity contribution is 7.43. The predicted molar refractivity (Wildman–Crippen MR) is 316 cm³/mol. The van der Waals surface area contributed by atoms with Crippen molar-refractivity contribution in [2.24, 2.45) is 0 Å². The number of para-hydroxylation sites is 2. The summed E-state index contributed by atoms with van der Waals surface area (Å²) in [6.07, 6.45) is 20.0. The highest BCUT2D eigenvalue weighted by Gasteiger charge is 2.40. The van der Waals surface area contributed by atoms with E-state index in [-0.39, 0.29) is 21.7 Å². The molecule has 1 aliphatic heterocycles. The Labute approximate surface area is 452 Å². The summed E-state index contributed by atoms with van der Waals surface area (Å²) in [5.41, 5.74) is 10.2. The molecule has 1 heterocycles. The fourth-order valence-electron chi connectivity index (χ4n) is 10.2. The van der Waals surface area contributed by atoms with Gasteiger partial charge in [0.2, 0.25) is 0 Å². The minimum Gasteiger partial charge on any atom is -0.409 e. The van der Waals surface area contributed by atoms with Crippen LogP contribution in [0.1, 0.15) is 231 Å². The molecule has 0 fully saturated rings. The summed E-state index contributed by atoms with van der Waals surface area (Å²) in [5, 5.41) is 0. The van der Waals surface area contributed by atoms with Gasteiger partial charge in [-0.3, -0.25) is 0 Å². The Balaban J connectivity index is 1.52. The van der Waals surface area contributed by atoms with Gasteiger partial charge in [0, 0.05) is 22.3 Å². The first-order chi connectivity index (χ1) is 35.0. The van der Waals surface area contributed by atoms with Crippen molar-refractivity contribution in [3.05, 3.63) is 129 Å². The van der Waals surface area contributed by atoms with Crippen LogP contribution in [0.4, 0.5) is 0 Å². The van der Waals surface area contributed by atoms with E-state index in [1.165, 1.54) is 106 Å². The lowest BCUT2D eigenvalue weighted by Gasteiger charge is -2.35. The average molecular weight is 1050 g/mol. The van der Waals surface area contributed by atoms with Crippen LogP contribution in [0, 0.1) is 13.8 Å². The van der Waals surface area contributed by atoms with Gasteiger partial charge in [-0.05, 0) is 131 Å². The zero-order chi connectivity index (χ0) is 53.8. The van der Waals surface area contributed by atoms with Gasteiger partial charge in [-0.2, -0.15) is 0 Å². The Kier molecular flexibility index (Phi) is 20.9. The Morgan fingerprint density at radius 2 is 0.851 bits per heavy atom. The SMILES string of the molecule is CCCCCCCCCc1ccc(OP(Oc2cccc(CCCCCCCCC)c2)Oc2c(C(C)(C)C)cc(C(C)(C)C)c(C)c2-c2c(C)c(C(C)(C)C)cc(C(C)(C)C)c2OP2Oc3ccccc3O2)cc1.